The van der Waals surface area contributed by atoms with Crippen LogP contribution in [-0.2, 0) is 11.2 Å². The topological polar surface area (TPSA) is 135 Å². The highest BCUT2D eigenvalue weighted by molar-refractivity contribution is 6.04. The molecule has 0 aliphatic rings. The normalized spacial score (nSPS) is 11.6. The average Bonchev–Trinajstić information content (AvgIpc) is 2.76. The fraction of sp³-hybridized carbons (Fsp3) is 0.190. The number of pyridine rings is 1. The summed E-state index contributed by atoms with van der Waals surface area (Å²) in [5.41, 5.74) is -0.0701. The van der Waals surface area contributed by atoms with E-state index in [1.165, 1.54) is 6.20 Å². The van der Waals surface area contributed by atoms with Gasteiger partial charge in [0.25, 0.3) is 16.8 Å². The number of hydrogen-bond acceptors (Lipinski definition) is 7. The SMILES string of the molecule is CCOc1c(N[C@@H](Cc2ccc(NC(=O)c3cccnc3)cc2)C(=O)O)c(=O)c1=O. The first kappa shape index (κ1) is 20.7. The maximum atomic E-state index is 12.2. The van der Waals surface area contributed by atoms with Gasteiger partial charge in [-0.1, -0.05) is 12.1 Å². The molecule has 1 aromatic heterocycles. The number of anilines is 2. The molecule has 3 aromatic rings. The van der Waals surface area contributed by atoms with Crippen LogP contribution < -0.4 is 26.2 Å². The summed E-state index contributed by atoms with van der Waals surface area (Å²) in [6.45, 7) is 1.84. The highest BCUT2D eigenvalue weighted by Gasteiger charge is 2.27. The molecular weight excluding hydrogens is 390 g/mol. The van der Waals surface area contributed by atoms with Crippen molar-refractivity contribution in [1.29, 1.82) is 0 Å². The van der Waals surface area contributed by atoms with Gasteiger partial charge in [0.15, 0.2) is 5.75 Å². The Labute approximate surface area is 171 Å². The van der Waals surface area contributed by atoms with Crippen LogP contribution in [0.1, 0.15) is 22.8 Å². The molecule has 0 bridgehead atoms. The maximum Gasteiger partial charge on any atom is 0.326 e. The molecule has 3 N–H and O–H groups in total. The number of hydrogen-bond donors (Lipinski definition) is 3. The van der Waals surface area contributed by atoms with Crippen molar-refractivity contribution in [1.82, 2.24) is 4.98 Å². The molecular formula is C21H19N3O6. The Hall–Kier alpha value is -4.01. The predicted molar refractivity (Wildman–Crippen MR) is 110 cm³/mol. The molecule has 1 amide bonds. The van der Waals surface area contributed by atoms with Crippen LogP contribution in [-0.4, -0.2) is 34.6 Å². The van der Waals surface area contributed by atoms with Gasteiger partial charge in [-0.15, -0.1) is 0 Å². The van der Waals surface area contributed by atoms with Crippen molar-refractivity contribution in [2.24, 2.45) is 0 Å². The second-order valence-electron chi connectivity index (χ2n) is 6.43. The van der Waals surface area contributed by atoms with E-state index >= 15 is 0 Å². The Bertz CT molecular complexity index is 1120. The Kier molecular flexibility index (Phi) is 6.21. The summed E-state index contributed by atoms with van der Waals surface area (Å²) >= 11 is 0. The first-order valence-electron chi connectivity index (χ1n) is 9.16. The standard InChI is InChI=1S/C21H19N3O6/c1-2-30-19-16(17(25)18(19)26)24-15(21(28)29)10-12-5-7-14(8-6-12)23-20(27)13-4-3-9-22-11-13/h3-9,11,15,24H,2,10H2,1H3,(H,23,27)(H,28,29)/t15-/m0/s1. The molecule has 0 radical (unpaired) electrons. The van der Waals surface area contributed by atoms with Crippen molar-refractivity contribution in [2.45, 2.75) is 19.4 Å². The van der Waals surface area contributed by atoms with E-state index in [2.05, 4.69) is 15.6 Å². The number of benzene rings is 1. The number of carboxylic acids is 1. The zero-order valence-corrected chi connectivity index (χ0v) is 16.0. The lowest BCUT2D eigenvalue weighted by Crippen LogP contribution is -2.41. The number of ether oxygens (including phenoxy) is 1. The molecule has 0 unspecified atom stereocenters. The van der Waals surface area contributed by atoms with Crippen molar-refractivity contribution in [3.63, 3.8) is 0 Å². The van der Waals surface area contributed by atoms with Crippen molar-refractivity contribution >= 4 is 23.3 Å². The van der Waals surface area contributed by atoms with Crippen LogP contribution >= 0.6 is 0 Å². The molecule has 0 fully saturated rings. The van der Waals surface area contributed by atoms with Crippen LogP contribution in [0.4, 0.5) is 11.4 Å². The number of nitrogens with one attached hydrogen (secondary N) is 2. The molecule has 2 aromatic carbocycles. The zero-order chi connectivity index (χ0) is 21.7. The number of carboxylic acid groups (broad SMARTS) is 1. The van der Waals surface area contributed by atoms with E-state index in [1.54, 1.807) is 49.5 Å². The highest BCUT2D eigenvalue weighted by Crippen LogP contribution is 2.20. The van der Waals surface area contributed by atoms with E-state index in [1.807, 2.05) is 0 Å². The quantitative estimate of drug-likeness (QED) is 0.452. The minimum atomic E-state index is -1.18. The summed E-state index contributed by atoms with van der Waals surface area (Å²) < 4.78 is 5.10. The monoisotopic (exact) mass is 409 g/mol. The Morgan fingerprint density at radius 2 is 1.87 bits per heavy atom. The van der Waals surface area contributed by atoms with Gasteiger partial charge >= 0.3 is 5.97 Å². The number of rotatable bonds is 9. The molecule has 0 spiro atoms. The van der Waals surface area contributed by atoms with E-state index in [0.29, 0.717) is 16.8 Å². The maximum absolute atomic E-state index is 12.2. The van der Waals surface area contributed by atoms with Gasteiger partial charge in [0.2, 0.25) is 0 Å². The second kappa shape index (κ2) is 8.99. The molecule has 0 saturated carbocycles. The largest absolute Gasteiger partial charge is 0.488 e. The molecule has 0 aliphatic carbocycles. The number of amides is 1. The van der Waals surface area contributed by atoms with Crippen molar-refractivity contribution < 1.29 is 19.4 Å². The van der Waals surface area contributed by atoms with Crippen LogP contribution in [0.3, 0.4) is 0 Å². The lowest BCUT2D eigenvalue weighted by atomic mass is 10.0. The molecule has 154 valence electrons. The molecule has 0 aliphatic heterocycles. The first-order valence-corrected chi connectivity index (χ1v) is 9.16. The van der Waals surface area contributed by atoms with Crippen LogP contribution in [0.25, 0.3) is 0 Å². The molecule has 1 heterocycles. The van der Waals surface area contributed by atoms with Gasteiger partial charge in [0, 0.05) is 24.5 Å². The Morgan fingerprint density at radius 1 is 1.13 bits per heavy atom. The van der Waals surface area contributed by atoms with Gasteiger partial charge < -0.3 is 20.5 Å². The molecule has 1 atom stereocenters. The van der Waals surface area contributed by atoms with E-state index in [9.17, 15) is 24.3 Å². The van der Waals surface area contributed by atoms with Crippen LogP contribution in [0.15, 0.2) is 58.4 Å². The third-order valence-electron chi connectivity index (χ3n) is 4.35. The van der Waals surface area contributed by atoms with Gasteiger partial charge in [-0.3, -0.25) is 19.4 Å². The van der Waals surface area contributed by atoms with Crippen molar-refractivity contribution in [2.75, 3.05) is 17.2 Å². The Morgan fingerprint density at radius 3 is 2.47 bits per heavy atom. The lowest BCUT2D eigenvalue weighted by Gasteiger charge is -2.19. The third kappa shape index (κ3) is 4.52. The Balaban J connectivity index is 1.67. The number of carbonyl (C=O) groups is 2. The molecule has 0 saturated heterocycles. The molecule has 30 heavy (non-hydrogen) atoms. The average molecular weight is 409 g/mol. The number of nitrogens with zero attached hydrogens (tertiary/aromatic N) is 1. The number of aromatic nitrogens is 1. The lowest BCUT2D eigenvalue weighted by molar-refractivity contribution is -0.137. The van der Waals surface area contributed by atoms with Crippen LogP contribution in [0.2, 0.25) is 0 Å². The first-order chi connectivity index (χ1) is 14.4. The minimum absolute atomic E-state index is 0.0521. The van der Waals surface area contributed by atoms with Gasteiger partial charge in [0.05, 0.1) is 12.2 Å². The van der Waals surface area contributed by atoms with Crippen molar-refractivity contribution in [3.8, 4) is 5.75 Å². The van der Waals surface area contributed by atoms with E-state index in [0.717, 1.165) is 0 Å². The van der Waals surface area contributed by atoms with Gasteiger partial charge in [0.1, 0.15) is 11.7 Å². The summed E-state index contributed by atoms with van der Waals surface area (Å²) in [7, 11) is 0. The third-order valence-corrected chi connectivity index (χ3v) is 4.35. The summed E-state index contributed by atoms with van der Waals surface area (Å²) in [5.74, 6) is -1.63. The van der Waals surface area contributed by atoms with Crippen molar-refractivity contribution in [3.05, 3.63) is 80.4 Å². The van der Waals surface area contributed by atoms with E-state index in [4.69, 9.17) is 4.74 Å². The summed E-state index contributed by atoms with van der Waals surface area (Å²) in [5, 5.41) is 14.8. The predicted octanol–water partition coefficient (Wildman–Crippen LogP) is 1.44. The summed E-state index contributed by atoms with van der Waals surface area (Å²) in [6, 6.07) is 8.78. The minimum Gasteiger partial charge on any atom is -0.488 e. The van der Waals surface area contributed by atoms with Crippen LogP contribution in [0.5, 0.6) is 5.75 Å². The van der Waals surface area contributed by atoms with Gasteiger partial charge in [-0.05, 0) is 36.8 Å². The zero-order valence-electron chi connectivity index (χ0n) is 16.0. The van der Waals surface area contributed by atoms with E-state index in [-0.39, 0.29) is 30.4 Å². The smallest absolute Gasteiger partial charge is 0.326 e. The molecule has 9 nitrogen and oxygen atoms in total. The fourth-order valence-corrected chi connectivity index (χ4v) is 2.82. The highest BCUT2D eigenvalue weighted by atomic mass is 16.5. The molecule has 3 rings (SSSR count). The van der Waals surface area contributed by atoms with Gasteiger partial charge in [-0.25, -0.2) is 4.79 Å². The second-order valence-corrected chi connectivity index (χ2v) is 6.43. The van der Waals surface area contributed by atoms with Crippen LogP contribution in [0, 0.1) is 0 Å². The number of carbonyl (C=O) groups excluding carboxylic acids is 1. The van der Waals surface area contributed by atoms with Gasteiger partial charge in [-0.2, -0.15) is 0 Å². The summed E-state index contributed by atoms with van der Waals surface area (Å²) in [4.78, 5) is 50.9. The summed E-state index contributed by atoms with van der Waals surface area (Å²) in [6.07, 6.45) is 3.07. The van der Waals surface area contributed by atoms with E-state index < -0.39 is 22.9 Å². The number of aliphatic carboxylic acids is 1. The fourth-order valence-electron chi connectivity index (χ4n) is 2.82. The molecule has 9 heteroatoms.